The number of rotatable bonds is 2. The summed E-state index contributed by atoms with van der Waals surface area (Å²) in [4.78, 5) is 24.9. The van der Waals surface area contributed by atoms with Gasteiger partial charge in [0.05, 0.1) is 12.0 Å². The van der Waals surface area contributed by atoms with E-state index in [1.54, 1.807) is 32.9 Å². The molecule has 5 nitrogen and oxygen atoms in total. The Balaban J connectivity index is 2.27. The van der Waals surface area contributed by atoms with Gasteiger partial charge in [-0.3, -0.25) is 4.79 Å². The normalized spacial score (nSPS) is 21.7. The van der Waals surface area contributed by atoms with E-state index in [1.165, 1.54) is 17.0 Å². The SMILES string of the molecule is CC(C)(C)OC(=O)N1CC(C(=O)O)CC1c1cccc(F)c1. The van der Waals surface area contributed by atoms with Gasteiger partial charge in [-0.1, -0.05) is 12.1 Å². The van der Waals surface area contributed by atoms with Gasteiger partial charge in [0.1, 0.15) is 11.4 Å². The first-order chi connectivity index (χ1) is 10.2. The van der Waals surface area contributed by atoms with E-state index in [1.807, 2.05) is 0 Å². The summed E-state index contributed by atoms with van der Waals surface area (Å²) in [5.74, 6) is -2.06. The summed E-state index contributed by atoms with van der Waals surface area (Å²) < 4.78 is 18.8. The molecule has 1 saturated heterocycles. The van der Waals surface area contributed by atoms with Crippen LogP contribution in [0.4, 0.5) is 9.18 Å². The zero-order valence-corrected chi connectivity index (χ0v) is 12.9. The zero-order chi connectivity index (χ0) is 16.5. The quantitative estimate of drug-likeness (QED) is 0.911. The molecule has 22 heavy (non-hydrogen) atoms. The van der Waals surface area contributed by atoms with Crippen molar-refractivity contribution in [3.05, 3.63) is 35.6 Å². The molecule has 1 fully saturated rings. The van der Waals surface area contributed by atoms with Crippen molar-refractivity contribution in [3.8, 4) is 0 Å². The van der Waals surface area contributed by atoms with E-state index >= 15 is 0 Å². The molecular formula is C16H20FNO4. The number of carbonyl (C=O) groups is 2. The highest BCUT2D eigenvalue weighted by atomic mass is 19.1. The number of halogens is 1. The fourth-order valence-electron chi connectivity index (χ4n) is 2.57. The van der Waals surface area contributed by atoms with Crippen molar-refractivity contribution >= 4 is 12.1 Å². The lowest BCUT2D eigenvalue weighted by Crippen LogP contribution is -2.37. The third-order valence-electron chi connectivity index (χ3n) is 3.51. The Morgan fingerprint density at radius 3 is 2.59 bits per heavy atom. The van der Waals surface area contributed by atoms with Gasteiger partial charge in [-0.2, -0.15) is 0 Å². The molecular weight excluding hydrogens is 289 g/mol. The smallest absolute Gasteiger partial charge is 0.410 e. The van der Waals surface area contributed by atoms with E-state index < -0.39 is 35.4 Å². The molecule has 120 valence electrons. The van der Waals surface area contributed by atoms with Crippen LogP contribution in [0.3, 0.4) is 0 Å². The van der Waals surface area contributed by atoms with Gasteiger partial charge in [-0.05, 0) is 44.9 Å². The molecule has 1 aliphatic rings. The minimum absolute atomic E-state index is 0.0609. The molecule has 1 N–H and O–H groups in total. The monoisotopic (exact) mass is 309 g/mol. The van der Waals surface area contributed by atoms with E-state index in [9.17, 15) is 19.1 Å². The molecule has 1 aliphatic heterocycles. The molecule has 2 atom stereocenters. The van der Waals surface area contributed by atoms with Crippen LogP contribution in [0.2, 0.25) is 0 Å². The van der Waals surface area contributed by atoms with Crippen LogP contribution in [0.15, 0.2) is 24.3 Å². The number of nitrogens with zero attached hydrogens (tertiary/aromatic N) is 1. The number of hydrogen-bond acceptors (Lipinski definition) is 3. The molecule has 2 rings (SSSR count). The maximum atomic E-state index is 13.4. The molecule has 2 unspecified atom stereocenters. The zero-order valence-electron chi connectivity index (χ0n) is 12.9. The van der Waals surface area contributed by atoms with Gasteiger partial charge in [-0.15, -0.1) is 0 Å². The largest absolute Gasteiger partial charge is 0.481 e. The van der Waals surface area contributed by atoms with E-state index in [0.29, 0.717) is 5.56 Å². The van der Waals surface area contributed by atoms with Gasteiger partial charge in [-0.25, -0.2) is 9.18 Å². The molecule has 1 amide bonds. The second-order valence-electron chi connectivity index (χ2n) is 6.47. The predicted octanol–water partition coefficient (Wildman–Crippen LogP) is 3.21. The first-order valence-corrected chi connectivity index (χ1v) is 7.15. The molecule has 0 aromatic heterocycles. The summed E-state index contributed by atoms with van der Waals surface area (Å²) in [6.45, 7) is 5.29. The van der Waals surface area contributed by atoms with Crippen LogP contribution in [0.1, 0.15) is 38.8 Å². The highest BCUT2D eigenvalue weighted by molar-refractivity contribution is 5.75. The Kier molecular flexibility index (Phi) is 4.39. The third kappa shape index (κ3) is 3.75. The summed E-state index contributed by atoms with van der Waals surface area (Å²) in [7, 11) is 0. The highest BCUT2D eigenvalue weighted by Crippen LogP contribution is 2.36. The summed E-state index contributed by atoms with van der Waals surface area (Å²) in [6, 6.07) is 5.38. The number of amides is 1. The third-order valence-corrected chi connectivity index (χ3v) is 3.51. The fraction of sp³-hybridized carbons (Fsp3) is 0.500. The topological polar surface area (TPSA) is 66.8 Å². The molecule has 0 aliphatic carbocycles. The summed E-state index contributed by atoms with van der Waals surface area (Å²) in [5.41, 5.74) is -0.0974. The van der Waals surface area contributed by atoms with E-state index in [-0.39, 0.29) is 13.0 Å². The van der Waals surface area contributed by atoms with Crippen LogP contribution < -0.4 is 0 Å². The van der Waals surface area contributed by atoms with Gasteiger partial charge in [0.25, 0.3) is 0 Å². The van der Waals surface area contributed by atoms with E-state index in [0.717, 1.165) is 0 Å². The Morgan fingerprint density at radius 2 is 2.05 bits per heavy atom. The Bertz CT molecular complexity index is 582. The number of ether oxygens (including phenoxy) is 1. The van der Waals surface area contributed by atoms with E-state index in [4.69, 9.17) is 4.74 Å². The predicted molar refractivity (Wildman–Crippen MR) is 77.8 cm³/mol. The number of benzene rings is 1. The highest BCUT2D eigenvalue weighted by Gasteiger charge is 2.41. The van der Waals surface area contributed by atoms with Crippen LogP contribution in [0.25, 0.3) is 0 Å². The fourth-order valence-corrected chi connectivity index (χ4v) is 2.57. The average molecular weight is 309 g/mol. The molecule has 6 heteroatoms. The molecule has 0 spiro atoms. The number of carboxylic acids is 1. The maximum Gasteiger partial charge on any atom is 0.410 e. The number of hydrogen-bond donors (Lipinski definition) is 1. The van der Waals surface area contributed by atoms with Crippen LogP contribution >= 0.6 is 0 Å². The van der Waals surface area contributed by atoms with Crippen LogP contribution in [-0.2, 0) is 9.53 Å². The first kappa shape index (κ1) is 16.3. The lowest BCUT2D eigenvalue weighted by Gasteiger charge is -2.28. The lowest BCUT2D eigenvalue weighted by atomic mass is 10.00. The summed E-state index contributed by atoms with van der Waals surface area (Å²) >= 11 is 0. The number of carboxylic acid groups (broad SMARTS) is 1. The second-order valence-corrected chi connectivity index (χ2v) is 6.47. The minimum Gasteiger partial charge on any atom is -0.481 e. The van der Waals surface area contributed by atoms with Gasteiger partial charge >= 0.3 is 12.1 Å². The van der Waals surface area contributed by atoms with Crippen molar-refractivity contribution in [2.45, 2.75) is 38.8 Å². The molecule has 0 saturated carbocycles. The number of carbonyl (C=O) groups excluding carboxylic acids is 1. The van der Waals surface area contributed by atoms with Crippen molar-refractivity contribution in [3.63, 3.8) is 0 Å². The standard InChI is InChI=1S/C16H20FNO4/c1-16(2,3)22-15(21)18-9-11(14(19)20)8-13(18)10-5-4-6-12(17)7-10/h4-7,11,13H,8-9H2,1-3H3,(H,19,20). The Labute approximate surface area is 128 Å². The molecule has 1 aromatic carbocycles. The maximum absolute atomic E-state index is 13.4. The van der Waals surface area contributed by atoms with Crippen molar-refractivity contribution < 1.29 is 23.8 Å². The van der Waals surface area contributed by atoms with Crippen LogP contribution in [0.5, 0.6) is 0 Å². The number of aliphatic carboxylic acids is 1. The molecule has 0 radical (unpaired) electrons. The molecule has 1 heterocycles. The van der Waals surface area contributed by atoms with Gasteiger partial charge in [0.15, 0.2) is 0 Å². The Morgan fingerprint density at radius 1 is 1.36 bits per heavy atom. The second kappa shape index (κ2) is 5.94. The van der Waals surface area contributed by atoms with Crippen LogP contribution in [0, 0.1) is 11.7 Å². The lowest BCUT2D eigenvalue weighted by molar-refractivity contribution is -0.141. The first-order valence-electron chi connectivity index (χ1n) is 7.15. The van der Waals surface area contributed by atoms with Crippen molar-refractivity contribution in [2.75, 3.05) is 6.54 Å². The van der Waals surface area contributed by atoms with Crippen molar-refractivity contribution in [1.29, 1.82) is 0 Å². The summed E-state index contributed by atoms with van der Waals surface area (Å²) in [5, 5.41) is 9.21. The molecule has 1 aromatic rings. The van der Waals surface area contributed by atoms with Crippen molar-refractivity contribution in [1.82, 2.24) is 4.90 Å². The number of likely N-dealkylation sites (tertiary alicyclic amines) is 1. The van der Waals surface area contributed by atoms with Gasteiger partial charge in [0, 0.05) is 6.54 Å². The molecule has 0 bridgehead atoms. The van der Waals surface area contributed by atoms with Crippen LogP contribution in [-0.4, -0.2) is 34.2 Å². The average Bonchev–Trinajstić information content (AvgIpc) is 2.81. The summed E-state index contributed by atoms with van der Waals surface area (Å²) in [6.07, 6.45) is -0.330. The van der Waals surface area contributed by atoms with Gasteiger partial charge < -0.3 is 14.7 Å². The minimum atomic E-state index is -0.965. The Hall–Kier alpha value is -2.11. The van der Waals surface area contributed by atoms with Crippen molar-refractivity contribution in [2.24, 2.45) is 5.92 Å². The van der Waals surface area contributed by atoms with E-state index in [2.05, 4.69) is 0 Å². The van der Waals surface area contributed by atoms with Gasteiger partial charge in [0.2, 0.25) is 0 Å².